The summed E-state index contributed by atoms with van der Waals surface area (Å²) in [6.07, 6.45) is 8.80. The van der Waals surface area contributed by atoms with Gasteiger partial charge >= 0.3 is 0 Å². The smallest absolute Gasteiger partial charge is 0.231 e. The first-order chi connectivity index (χ1) is 15.6. The zero-order chi connectivity index (χ0) is 21.7. The van der Waals surface area contributed by atoms with Crippen molar-refractivity contribution in [3.8, 4) is 34.1 Å². The first kappa shape index (κ1) is 19.6. The van der Waals surface area contributed by atoms with E-state index in [4.69, 9.17) is 19.4 Å². The van der Waals surface area contributed by atoms with Crippen LogP contribution >= 0.6 is 0 Å². The van der Waals surface area contributed by atoms with Crippen molar-refractivity contribution in [2.24, 2.45) is 0 Å². The average Bonchev–Trinajstić information content (AvgIpc) is 3.39. The molecule has 1 saturated carbocycles. The molecule has 32 heavy (non-hydrogen) atoms. The minimum Gasteiger partial charge on any atom is -0.454 e. The minimum atomic E-state index is -0.206. The van der Waals surface area contributed by atoms with Crippen LogP contribution < -0.4 is 9.47 Å². The Bertz CT molecular complexity index is 1210. The number of aliphatic hydroxyl groups is 1. The molecule has 3 aromatic rings. The Morgan fingerprint density at radius 2 is 1.88 bits per heavy atom. The van der Waals surface area contributed by atoms with Gasteiger partial charge in [-0.15, -0.1) is 0 Å². The molecular formula is C26H27N3O3. The van der Waals surface area contributed by atoms with Crippen molar-refractivity contribution in [1.29, 1.82) is 0 Å². The average molecular weight is 430 g/mol. The van der Waals surface area contributed by atoms with Gasteiger partial charge in [-0.2, -0.15) is 0 Å². The van der Waals surface area contributed by atoms with E-state index in [9.17, 15) is 5.11 Å². The summed E-state index contributed by atoms with van der Waals surface area (Å²) < 4.78 is 13.6. The van der Waals surface area contributed by atoms with E-state index in [0.717, 1.165) is 84.3 Å². The number of ether oxygens (including phenoxy) is 2. The number of aromatic nitrogens is 3. The summed E-state index contributed by atoms with van der Waals surface area (Å²) in [4.78, 5) is 10.1. The third kappa shape index (κ3) is 3.13. The van der Waals surface area contributed by atoms with E-state index in [0.29, 0.717) is 0 Å². The van der Waals surface area contributed by atoms with Crippen molar-refractivity contribution in [2.45, 2.75) is 57.1 Å². The SMILES string of the molecule is Cc1cccc(-c2nc3n(c2-c2ccc4c(c2)OCO4)CC=CC[C@]32CC[C@@H](O)CC2)n1. The number of benzene rings is 1. The summed E-state index contributed by atoms with van der Waals surface area (Å²) in [6.45, 7) is 3.03. The fourth-order valence-corrected chi connectivity index (χ4v) is 5.39. The number of imidazole rings is 1. The maximum absolute atomic E-state index is 10.2. The zero-order valence-electron chi connectivity index (χ0n) is 18.3. The minimum absolute atomic E-state index is 0.0562. The summed E-state index contributed by atoms with van der Waals surface area (Å²) in [5.41, 5.74) is 4.81. The van der Waals surface area contributed by atoms with Gasteiger partial charge in [-0.05, 0) is 69.4 Å². The van der Waals surface area contributed by atoms with Crippen LogP contribution in [0, 0.1) is 6.92 Å². The molecule has 164 valence electrons. The number of hydrogen-bond donors (Lipinski definition) is 1. The number of rotatable bonds is 2. The molecule has 0 bridgehead atoms. The molecule has 6 rings (SSSR count). The van der Waals surface area contributed by atoms with Gasteiger partial charge < -0.3 is 19.1 Å². The van der Waals surface area contributed by atoms with Gasteiger partial charge in [0.25, 0.3) is 0 Å². The van der Waals surface area contributed by atoms with Crippen LogP contribution in [0.4, 0.5) is 0 Å². The number of aryl methyl sites for hydroxylation is 1. The lowest BCUT2D eigenvalue weighted by atomic mass is 9.70. The zero-order valence-corrected chi connectivity index (χ0v) is 18.3. The van der Waals surface area contributed by atoms with Crippen LogP contribution in [0.3, 0.4) is 0 Å². The van der Waals surface area contributed by atoms with Crippen molar-refractivity contribution < 1.29 is 14.6 Å². The molecule has 1 spiro atoms. The quantitative estimate of drug-likeness (QED) is 0.594. The van der Waals surface area contributed by atoms with Crippen LogP contribution in [0.1, 0.15) is 43.6 Å². The van der Waals surface area contributed by atoms with E-state index in [-0.39, 0.29) is 18.3 Å². The van der Waals surface area contributed by atoms with E-state index in [2.05, 4.69) is 28.9 Å². The van der Waals surface area contributed by atoms with Crippen molar-refractivity contribution >= 4 is 0 Å². The van der Waals surface area contributed by atoms with Gasteiger partial charge in [0.1, 0.15) is 11.5 Å². The summed E-state index contributed by atoms with van der Waals surface area (Å²) in [5.74, 6) is 2.65. The molecule has 1 N–H and O–H groups in total. The lowest BCUT2D eigenvalue weighted by molar-refractivity contribution is 0.0924. The highest BCUT2D eigenvalue weighted by atomic mass is 16.7. The molecule has 6 nitrogen and oxygen atoms in total. The highest BCUT2D eigenvalue weighted by Crippen LogP contribution is 2.47. The molecule has 0 saturated heterocycles. The maximum Gasteiger partial charge on any atom is 0.231 e. The summed E-state index contributed by atoms with van der Waals surface area (Å²) in [6, 6.07) is 12.2. The fraction of sp³-hybridized carbons (Fsp3) is 0.385. The third-order valence-corrected chi connectivity index (χ3v) is 7.09. The Morgan fingerprint density at radius 3 is 2.72 bits per heavy atom. The number of fused-ring (bicyclic) bond motifs is 3. The van der Waals surface area contributed by atoms with Crippen molar-refractivity contribution in [1.82, 2.24) is 14.5 Å². The van der Waals surface area contributed by atoms with Gasteiger partial charge in [-0.1, -0.05) is 18.2 Å². The third-order valence-electron chi connectivity index (χ3n) is 7.09. The Balaban J connectivity index is 1.59. The molecular weight excluding hydrogens is 402 g/mol. The Kier molecular flexibility index (Phi) is 4.57. The molecule has 0 amide bonds. The number of aliphatic hydroxyl groups excluding tert-OH is 1. The van der Waals surface area contributed by atoms with Gasteiger partial charge in [0.15, 0.2) is 11.5 Å². The van der Waals surface area contributed by atoms with Crippen LogP contribution in [-0.4, -0.2) is 32.5 Å². The Labute approximate surface area is 187 Å². The highest BCUT2D eigenvalue weighted by molar-refractivity contribution is 5.79. The van der Waals surface area contributed by atoms with Crippen LogP contribution in [0.15, 0.2) is 48.6 Å². The van der Waals surface area contributed by atoms with E-state index in [1.54, 1.807) is 0 Å². The first-order valence-electron chi connectivity index (χ1n) is 11.4. The van der Waals surface area contributed by atoms with E-state index < -0.39 is 0 Å². The molecule has 1 aliphatic carbocycles. The molecule has 1 fully saturated rings. The van der Waals surface area contributed by atoms with Gasteiger partial charge in [-0.25, -0.2) is 4.98 Å². The van der Waals surface area contributed by atoms with Gasteiger partial charge in [0.05, 0.1) is 17.5 Å². The lowest BCUT2D eigenvalue weighted by Crippen LogP contribution is -2.35. The second-order valence-corrected chi connectivity index (χ2v) is 9.16. The number of allylic oxidation sites excluding steroid dienone is 2. The molecule has 0 unspecified atom stereocenters. The van der Waals surface area contributed by atoms with Crippen LogP contribution in [0.25, 0.3) is 22.6 Å². The molecule has 2 aromatic heterocycles. The van der Waals surface area contributed by atoms with Crippen molar-refractivity contribution in [2.75, 3.05) is 6.79 Å². The number of hydrogen-bond acceptors (Lipinski definition) is 5. The van der Waals surface area contributed by atoms with Crippen molar-refractivity contribution in [3.05, 3.63) is 60.1 Å². The first-order valence-corrected chi connectivity index (χ1v) is 11.4. The van der Waals surface area contributed by atoms with Crippen LogP contribution in [0.2, 0.25) is 0 Å². The number of pyridine rings is 1. The van der Waals surface area contributed by atoms with Gasteiger partial charge in [-0.3, -0.25) is 4.98 Å². The molecule has 6 heteroatoms. The lowest BCUT2D eigenvalue weighted by Gasteiger charge is -2.37. The fourth-order valence-electron chi connectivity index (χ4n) is 5.39. The standard InChI is InChI=1S/C26H27N3O3/c1-17-5-4-6-20(27-17)23-24(18-7-8-21-22(15-18)32-16-31-21)29-14-3-2-11-26(25(29)28-23)12-9-19(30)10-13-26/h2-8,15,19,30H,9-14,16H2,1H3/t19-,26-. The van der Waals surface area contributed by atoms with Gasteiger partial charge in [0.2, 0.25) is 6.79 Å². The molecule has 1 aromatic carbocycles. The second-order valence-electron chi connectivity index (χ2n) is 9.16. The molecule has 0 radical (unpaired) electrons. The van der Waals surface area contributed by atoms with Crippen LogP contribution in [0.5, 0.6) is 11.5 Å². The monoisotopic (exact) mass is 429 g/mol. The van der Waals surface area contributed by atoms with Gasteiger partial charge in [0, 0.05) is 23.2 Å². The molecule has 2 aliphatic heterocycles. The topological polar surface area (TPSA) is 69.4 Å². The highest BCUT2D eigenvalue weighted by Gasteiger charge is 2.41. The Morgan fingerprint density at radius 1 is 1.03 bits per heavy atom. The van der Waals surface area contributed by atoms with Crippen molar-refractivity contribution in [3.63, 3.8) is 0 Å². The largest absolute Gasteiger partial charge is 0.454 e. The Hall–Kier alpha value is -3.12. The molecule has 0 atom stereocenters. The predicted molar refractivity (Wildman–Crippen MR) is 122 cm³/mol. The normalized spacial score (nSPS) is 23.9. The van der Waals surface area contributed by atoms with E-state index >= 15 is 0 Å². The second kappa shape index (κ2) is 7.48. The summed E-state index contributed by atoms with van der Waals surface area (Å²) >= 11 is 0. The summed E-state index contributed by atoms with van der Waals surface area (Å²) in [7, 11) is 0. The summed E-state index contributed by atoms with van der Waals surface area (Å²) in [5, 5.41) is 10.2. The molecule has 3 aliphatic rings. The van der Waals surface area contributed by atoms with E-state index in [1.165, 1.54) is 0 Å². The van der Waals surface area contributed by atoms with E-state index in [1.807, 2.05) is 31.2 Å². The van der Waals surface area contributed by atoms with Crippen LogP contribution in [-0.2, 0) is 12.0 Å². The predicted octanol–water partition coefficient (Wildman–Crippen LogP) is 4.78. The maximum atomic E-state index is 10.2. The number of nitrogens with zero attached hydrogens (tertiary/aromatic N) is 3. The molecule has 4 heterocycles.